The van der Waals surface area contributed by atoms with Gasteiger partial charge in [-0.05, 0) is 36.4 Å². The van der Waals surface area contributed by atoms with Gasteiger partial charge in [0.15, 0.2) is 5.76 Å². The van der Waals surface area contributed by atoms with Crippen molar-refractivity contribution in [1.29, 1.82) is 5.26 Å². The van der Waals surface area contributed by atoms with Gasteiger partial charge in [-0.15, -0.1) is 0 Å². The third kappa shape index (κ3) is 4.75. The highest BCUT2D eigenvalue weighted by molar-refractivity contribution is 7.99. The molecule has 1 heterocycles. The van der Waals surface area contributed by atoms with Crippen molar-refractivity contribution in [3.8, 4) is 17.4 Å². The summed E-state index contributed by atoms with van der Waals surface area (Å²) >= 11 is 1.06. The Morgan fingerprint density at radius 1 is 1.18 bits per heavy atom. The Labute approximate surface area is 164 Å². The lowest BCUT2D eigenvalue weighted by Crippen LogP contribution is -2.34. The zero-order valence-corrected chi connectivity index (χ0v) is 15.5. The largest absolute Gasteiger partial charge is 0.431 e. The van der Waals surface area contributed by atoms with Gasteiger partial charge in [-0.1, -0.05) is 23.9 Å². The van der Waals surface area contributed by atoms with Crippen molar-refractivity contribution < 1.29 is 18.0 Å². The van der Waals surface area contributed by atoms with E-state index in [-0.39, 0.29) is 41.4 Å². The molecule has 0 saturated heterocycles. The molecule has 0 spiro atoms. The second kappa shape index (κ2) is 9.15. The van der Waals surface area contributed by atoms with Gasteiger partial charge in [0.1, 0.15) is 11.6 Å². The number of hydrogen-bond donors (Lipinski definition) is 0. The molecular formula is C20H15F2N3O2S. The van der Waals surface area contributed by atoms with E-state index in [2.05, 4.69) is 4.98 Å². The molecule has 2 aromatic carbocycles. The van der Waals surface area contributed by atoms with E-state index in [9.17, 15) is 13.6 Å². The fourth-order valence-electron chi connectivity index (χ4n) is 2.49. The summed E-state index contributed by atoms with van der Waals surface area (Å²) in [5, 5.41) is 9.08. The Kier molecular flexibility index (Phi) is 6.40. The lowest BCUT2D eigenvalue weighted by Gasteiger charge is -2.21. The number of benzene rings is 2. The number of carbonyl (C=O) groups excluding carboxylic acids is 1. The van der Waals surface area contributed by atoms with Crippen molar-refractivity contribution in [3.05, 3.63) is 66.4 Å². The Morgan fingerprint density at radius 3 is 2.64 bits per heavy atom. The molecule has 0 aliphatic carbocycles. The number of rotatable bonds is 7. The van der Waals surface area contributed by atoms with Crippen LogP contribution < -0.4 is 4.90 Å². The standard InChI is InChI=1S/C20H15F2N3O2S/c21-15-8-6-14(7-9-15)18-12-24-20(27-18)28-13-19(26)25(11-3-10-23)17-5-2-1-4-16(17)22/h1-2,4-9,12H,3,11,13H2. The van der Waals surface area contributed by atoms with E-state index in [1.807, 2.05) is 6.07 Å². The first-order chi connectivity index (χ1) is 13.6. The average Bonchev–Trinajstić information content (AvgIpc) is 3.17. The fourth-order valence-corrected chi connectivity index (χ4v) is 3.16. The second-order valence-electron chi connectivity index (χ2n) is 5.69. The van der Waals surface area contributed by atoms with Crippen LogP contribution in [0.15, 0.2) is 64.4 Å². The average molecular weight is 399 g/mol. The Hall–Kier alpha value is -3.18. The van der Waals surface area contributed by atoms with E-state index in [0.29, 0.717) is 11.3 Å². The Morgan fingerprint density at radius 2 is 1.93 bits per heavy atom. The van der Waals surface area contributed by atoms with Crippen LogP contribution in [0.4, 0.5) is 14.5 Å². The number of carbonyl (C=O) groups is 1. The topological polar surface area (TPSA) is 70.1 Å². The van der Waals surface area contributed by atoms with Crippen molar-refractivity contribution in [3.63, 3.8) is 0 Å². The molecule has 0 fully saturated rings. The summed E-state index contributed by atoms with van der Waals surface area (Å²) in [7, 11) is 0. The maximum atomic E-state index is 14.1. The molecule has 142 valence electrons. The summed E-state index contributed by atoms with van der Waals surface area (Å²) in [6.07, 6.45) is 1.57. The lowest BCUT2D eigenvalue weighted by atomic mass is 10.2. The molecule has 0 unspecified atom stereocenters. The highest BCUT2D eigenvalue weighted by atomic mass is 32.2. The highest BCUT2D eigenvalue weighted by Crippen LogP contribution is 2.27. The maximum absolute atomic E-state index is 14.1. The van der Waals surface area contributed by atoms with E-state index in [1.165, 1.54) is 41.4 Å². The molecule has 3 aromatic rings. The molecule has 0 bridgehead atoms. The first kappa shape index (κ1) is 19.6. The molecule has 5 nitrogen and oxygen atoms in total. The van der Waals surface area contributed by atoms with Gasteiger partial charge in [0.05, 0.1) is 30.1 Å². The van der Waals surface area contributed by atoms with Gasteiger partial charge >= 0.3 is 0 Å². The van der Waals surface area contributed by atoms with Gasteiger partial charge < -0.3 is 9.32 Å². The molecular weight excluding hydrogens is 384 g/mol. The number of hydrogen-bond acceptors (Lipinski definition) is 5. The van der Waals surface area contributed by atoms with Crippen molar-refractivity contribution >= 4 is 23.4 Å². The van der Waals surface area contributed by atoms with Crippen LogP contribution >= 0.6 is 11.8 Å². The monoisotopic (exact) mass is 399 g/mol. The van der Waals surface area contributed by atoms with Crippen molar-refractivity contribution in [2.24, 2.45) is 0 Å². The molecule has 1 aromatic heterocycles. The summed E-state index contributed by atoms with van der Waals surface area (Å²) in [6.45, 7) is 0.0865. The van der Waals surface area contributed by atoms with Crippen LogP contribution in [0.5, 0.6) is 0 Å². The molecule has 0 radical (unpaired) electrons. The molecule has 0 aliphatic rings. The lowest BCUT2D eigenvalue weighted by molar-refractivity contribution is -0.116. The molecule has 0 saturated carbocycles. The van der Waals surface area contributed by atoms with Gasteiger partial charge in [0.2, 0.25) is 5.91 Å². The number of amides is 1. The Balaban J connectivity index is 1.68. The first-order valence-electron chi connectivity index (χ1n) is 8.35. The number of anilines is 1. The predicted molar refractivity (Wildman–Crippen MR) is 102 cm³/mol. The van der Waals surface area contributed by atoms with Gasteiger partial charge in [0.25, 0.3) is 5.22 Å². The number of aromatic nitrogens is 1. The molecule has 28 heavy (non-hydrogen) atoms. The van der Waals surface area contributed by atoms with Gasteiger partial charge in [0, 0.05) is 12.1 Å². The zero-order valence-electron chi connectivity index (χ0n) is 14.6. The fraction of sp³-hybridized carbons (Fsp3) is 0.150. The third-order valence-corrected chi connectivity index (χ3v) is 4.65. The van der Waals surface area contributed by atoms with E-state index in [1.54, 1.807) is 18.2 Å². The zero-order chi connectivity index (χ0) is 19.9. The SMILES string of the molecule is N#CCCN(C(=O)CSc1ncc(-c2ccc(F)cc2)o1)c1ccccc1F. The number of para-hydroxylation sites is 1. The van der Waals surface area contributed by atoms with E-state index in [4.69, 9.17) is 9.68 Å². The van der Waals surface area contributed by atoms with Crippen LogP contribution in [0, 0.1) is 23.0 Å². The van der Waals surface area contributed by atoms with Gasteiger partial charge in [-0.25, -0.2) is 13.8 Å². The minimum atomic E-state index is -0.534. The predicted octanol–water partition coefficient (Wildman–Crippen LogP) is 4.66. The molecule has 8 heteroatoms. The normalized spacial score (nSPS) is 10.5. The van der Waals surface area contributed by atoms with Crippen LogP contribution in [0.25, 0.3) is 11.3 Å². The maximum Gasteiger partial charge on any atom is 0.256 e. The molecule has 0 N–H and O–H groups in total. The van der Waals surface area contributed by atoms with E-state index < -0.39 is 5.82 Å². The van der Waals surface area contributed by atoms with Crippen LogP contribution in [-0.4, -0.2) is 23.2 Å². The Bertz CT molecular complexity index is 999. The van der Waals surface area contributed by atoms with Crippen LogP contribution in [0.2, 0.25) is 0 Å². The number of nitriles is 1. The second-order valence-corrected chi connectivity index (χ2v) is 6.62. The summed E-state index contributed by atoms with van der Waals surface area (Å²) in [6, 6.07) is 13.6. The number of oxazole rings is 1. The van der Waals surface area contributed by atoms with Crippen molar-refractivity contribution in [2.45, 2.75) is 11.6 Å². The summed E-state index contributed by atoms with van der Waals surface area (Å²) in [5.41, 5.74) is 0.789. The molecule has 0 atom stereocenters. The summed E-state index contributed by atoms with van der Waals surface area (Å²) in [5.74, 6) is -0.844. The van der Waals surface area contributed by atoms with E-state index in [0.717, 1.165) is 11.8 Å². The van der Waals surface area contributed by atoms with Crippen molar-refractivity contribution in [2.75, 3.05) is 17.2 Å². The van der Waals surface area contributed by atoms with Crippen LogP contribution in [0.3, 0.4) is 0 Å². The van der Waals surface area contributed by atoms with E-state index >= 15 is 0 Å². The quantitative estimate of drug-likeness (QED) is 0.541. The smallest absolute Gasteiger partial charge is 0.256 e. The number of halogens is 2. The third-order valence-electron chi connectivity index (χ3n) is 3.82. The minimum Gasteiger partial charge on any atom is -0.431 e. The summed E-state index contributed by atoms with van der Waals surface area (Å²) < 4.78 is 32.7. The summed E-state index contributed by atoms with van der Waals surface area (Å²) in [4.78, 5) is 18.0. The highest BCUT2D eigenvalue weighted by Gasteiger charge is 2.20. The molecule has 0 aliphatic heterocycles. The number of thioether (sulfide) groups is 1. The minimum absolute atomic E-state index is 0.0386. The van der Waals surface area contributed by atoms with Gasteiger partial charge in [-0.2, -0.15) is 5.26 Å². The molecule has 1 amide bonds. The van der Waals surface area contributed by atoms with Crippen LogP contribution in [-0.2, 0) is 4.79 Å². The first-order valence-corrected chi connectivity index (χ1v) is 9.33. The molecule has 3 rings (SSSR count). The number of nitrogens with zero attached hydrogens (tertiary/aromatic N) is 3. The van der Waals surface area contributed by atoms with Crippen LogP contribution in [0.1, 0.15) is 6.42 Å². The van der Waals surface area contributed by atoms with Crippen molar-refractivity contribution in [1.82, 2.24) is 4.98 Å². The van der Waals surface area contributed by atoms with Gasteiger partial charge in [-0.3, -0.25) is 4.79 Å².